The smallest absolute Gasteiger partial charge is 0.320 e. The molecule has 0 unspecified atom stereocenters. The van der Waals surface area contributed by atoms with Crippen LogP contribution in [0.25, 0.3) is 0 Å². The fraction of sp³-hybridized carbons (Fsp3) is 0.600. The molecule has 0 aromatic heterocycles. The monoisotopic (exact) mass is 212 g/mol. The third-order valence-electron chi connectivity index (χ3n) is 2.32. The molecule has 15 heavy (non-hydrogen) atoms. The van der Waals surface area contributed by atoms with Crippen molar-refractivity contribution in [3.05, 3.63) is 12.2 Å². The van der Waals surface area contributed by atoms with Gasteiger partial charge in [-0.15, -0.1) is 0 Å². The minimum Gasteiger partial charge on any atom is -0.481 e. The van der Waals surface area contributed by atoms with E-state index >= 15 is 0 Å². The highest BCUT2D eigenvalue weighted by atomic mass is 16.4. The molecule has 0 radical (unpaired) electrons. The van der Waals surface area contributed by atoms with E-state index in [-0.39, 0.29) is 19.0 Å². The van der Waals surface area contributed by atoms with Crippen LogP contribution in [0.1, 0.15) is 12.8 Å². The molecule has 0 aromatic carbocycles. The van der Waals surface area contributed by atoms with E-state index in [1.165, 1.54) is 4.90 Å². The Morgan fingerprint density at radius 2 is 2.20 bits per heavy atom. The third-order valence-corrected chi connectivity index (χ3v) is 2.32. The van der Waals surface area contributed by atoms with Gasteiger partial charge in [-0.25, -0.2) is 4.79 Å². The number of aliphatic carboxylic acids is 1. The molecule has 0 bridgehead atoms. The third kappa shape index (κ3) is 3.61. The summed E-state index contributed by atoms with van der Waals surface area (Å²) in [6.07, 6.45) is 4.86. The summed E-state index contributed by atoms with van der Waals surface area (Å²) in [6, 6.07) is -0.0967. The summed E-state index contributed by atoms with van der Waals surface area (Å²) < 4.78 is 0. The van der Waals surface area contributed by atoms with E-state index in [0.29, 0.717) is 13.1 Å². The Bertz CT molecular complexity index is 276. The van der Waals surface area contributed by atoms with Gasteiger partial charge in [0, 0.05) is 26.7 Å². The largest absolute Gasteiger partial charge is 0.481 e. The summed E-state index contributed by atoms with van der Waals surface area (Å²) in [7, 11) is 1.63. The Labute approximate surface area is 89.0 Å². The second-order valence-electron chi connectivity index (χ2n) is 3.55. The van der Waals surface area contributed by atoms with Gasteiger partial charge in [0.25, 0.3) is 0 Å². The summed E-state index contributed by atoms with van der Waals surface area (Å²) in [4.78, 5) is 25.2. The van der Waals surface area contributed by atoms with Crippen LogP contribution in [-0.4, -0.2) is 53.6 Å². The zero-order chi connectivity index (χ0) is 11.3. The number of urea groups is 1. The predicted molar refractivity (Wildman–Crippen MR) is 55.6 cm³/mol. The van der Waals surface area contributed by atoms with E-state index in [0.717, 1.165) is 6.42 Å². The maximum absolute atomic E-state index is 11.7. The second kappa shape index (κ2) is 5.38. The molecular weight excluding hydrogens is 196 g/mol. The van der Waals surface area contributed by atoms with Crippen molar-refractivity contribution in [3.63, 3.8) is 0 Å². The summed E-state index contributed by atoms with van der Waals surface area (Å²) in [5, 5.41) is 8.49. The molecule has 84 valence electrons. The first-order valence-corrected chi connectivity index (χ1v) is 4.98. The molecule has 1 aliphatic heterocycles. The maximum Gasteiger partial charge on any atom is 0.320 e. The van der Waals surface area contributed by atoms with Gasteiger partial charge in [-0.2, -0.15) is 0 Å². The predicted octanol–water partition coefficient (Wildman–Crippen LogP) is 0.775. The normalized spacial score (nSPS) is 15.1. The number of rotatable bonds is 3. The van der Waals surface area contributed by atoms with Crippen LogP contribution < -0.4 is 0 Å². The van der Waals surface area contributed by atoms with Crippen molar-refractivity contribution in [1.29, 1.82) is 0 Å². The van der Waals surface area contributed by atoms with Gasteiger partial charge in [-0.05, 0) is 6.42 Å². The minimum atomic E-state index is -0.881. The van der Waals surface area contributed by atoms with Gasteiger partial charge >= 0.3 is 12.0 Å². The molecule has 0 aromatic rings. The fourth-order valence-electron chi connectivity index (χ4n) is 1.42. The lowest BCUT2D eigenvalue weighted by atomic mass is 10.2. The van der Waals surface area contributed by atoms with E-state index in [9.17, 15) is 9.59 Å². The van der Waals surface area contributed by atoms with Crippen LogP contribution >= 0.6 is 0 Å². The number of carbonyl (C=O) groups is 2. The second-order valence-corrected chi connectivity index (χ2v) is 3.55. The molecule has 0 fully saturated rings. The first-order chi connectivity index (χ1) is 7.11. The van der Waals surface area contributed by atoms with Gasteiger partial charge in [0.05, 0.1) is 6.42 Å². The standard InChI is InChI=1S/C10H16N2O3/c1-11(8-5-9(13)14)10(15)12-6-3-2-4-7-12/h2-3H,4-8H2,1H3,(H,13,14). The van der Waals surface area contributed by atoms with Crippen LogP contribution in [0.3, 0.4) is 0 Å². The Hall–Kier alpha value is -1.52. The van der Waals surface area contributed by atoms with Crippen molar-refractivity contribution in [3.8, 4) is 0 Å². The summed E-state index contributed by atoms with van der Waals surface area (Å²) in [5.74, 6) is -0.881. The minimum absolute atomic E-state index is 0.00802. The topological polar surface area (TPSA) is 60.9 Å². The Balaban J connectivity index is 2.38. The van der Waals surface area contributed by atoms with Crippen LogP contribution in [0, 0.1) is 0 Å². The van der Waals surface area contributed by atoms with E-state index < -0.39 is 5.97 Å². The highest BCUT2D eigenvalue weighted by Crippen LogP contribution is 2.04. The number of hydrogen-bond acceptors (Lipinski definition) is 2. The highest BCUT2D eigenvalue weighted by molar-refractivity contribution is 5.75. The Morgan fingerprint density at radius 1 is 1.47 bits per heavy atom. The first kappa shape index (κ1) is 11.6. The lowest BCUT2D eigenvalue weighted by Gasteiger charge is -2.28. The van der Waals surface area contributed by atoms with Crippen LogP contribution in [-0.2, 0) is 4.79 Å². The number of carboxylic acid groups (broad SMARTS) is 1. The lowest BCUT2D eigenvalue weighted by Crippen LogP contribution is -2.43. The average molecular weight is 212 g/mol. The van der Waals surface area contributed by atoms with Gasteiger partial charge < -0.3 is 14.9 Å². The van der Waals surface area contributed by atoms with Crippen molar-refractivity contribution >= 4 is 12.0 Å². The molecule has 0 aliphatic carbocycles. The molecule has 5 heteroatoms. The molecule has 2 amide bonds. The van der Waals surface area contributed by atoms with E-state index in [4.69, 9.17) is 5.11 Å². The Kier molecular flexibility index (Phi) is 4.15. The Morgan fingerprint density at radius 3 is 2.73 bits per heavy atom. The number of carbonyl (C=O) groups excluding carboxylic acids is 1. The van der Waals surface area contributed by atoms with Crippen molar-refractivity contribution in [2.24, 2.45) is 0 Å². The van der Waals surface area contributed by atoms with Crippen molar-refractivity contribution in [2.45, 2.75) is 12.8 Å². The summed E-state index contributed by atoms with van der Waals surface area (Å²) in [5.41, 5.74) is 0. The van der Waals surface area contributed by atoms with Gasteiger partial charge in [0.2, 0.25) is 0 Å². The molecular formula is C10H16N2O3. The van der Waals surface area contributed by atoms with Gasteiger partial charge in [-0.1, -0.05) is 12.2 Å². The quantitative estimate of drug-likeness (QED) is 0.703. The lowest BCUT2D eigenvalue weighted by molar-refractivity contribution is -0.137. The molecule has 0 spiro atoms. The van der Waals surface area contributed by atoms with Crippen LogP contribution in [0.15, 0.2) is 12.2 Å². The van der Waals surface area contributed by atoms with Gasteiger partial charge in [0.1, 0.15) is 0 Å². The van der Waals surface area contributed by atoms with E-state index in [2.05, 4.69) is 0 Å². The molecule has 1 heterocycles. The average Bonchev–Trinajstić information content (AvgIpc) is 2.26. The number of hydrogen-bond donors (Lipinski definition) is 1. The highest BCUT2D eigenvalue weighted by Gasteiger charge is 2.18. The van der Waals surface area contributed by atoms with Crippen molar-refractivity contribution < 1.29 is 14.7 Å². The molecule has 1 rings (SSSR count). The molecule has 5 nitrogen and oxygen atoms in total. The number of carboxylic acids is 1. The zero-order valence-electron chi connectivity index (χ0n) is 8.85. The van der Waals surface area contributed by atoms with Crippen molar-refractivity contribution in [1.82, 2.24) is 9.80 Å². The fourth-order valence-corrected chi connectivity index (χ4v) is 1.42. The number of nitrogens with zero attached hydrogens (tertiary/aromatic N) is 2. The molecule has 0 saturated heterocycles. The maximum atomic E-state index is 11.7. The summed E-state index contributed by atoms with van der Waals surface area (Å²) >= 11 is 0. The van der Waals surface area contributed by atoms with E-state index in [1.54, 1.807) is 11.9 Å². The molecule has 1 N–H and O–H groups in total. The van der Waals surface area contributed by atoms with E-state index in [1.807, 2.05) is 12.2 Å². The summed E-state index contributed by atoms with van der Waals surface area (Å²) in [6.45, 7) is 1.59. The zero-order valence-corrected chi connectivity index (χ0v) is 8.85. The van der Waals surface area contributed by atoms with Crippen LogP contribution in [0.5, 0.6) is 0 Å². The van der Waals surface area contributed by atoms with Gasteiger partial charge in [-0.3, -0.25) is 4.79 Å². The molecule has 0 atom stereocenters. The van der Waals surface area contributed by atoms with Crippen LogP contribution in [0.2, 0.25) is 0 Å². The van der Waals surface area contributed by atoms with Crippen LogP contribution in [0.4, 0.5) is 4.79 Å². The first-order valence-electron chi connectivity index (χ1n) is 4.98. The number of amides is 2. The molecule has 0 saturated carbocycles. The molecule has 1 aliphatic rings. The van der Waals surface area contributed by atoms with Gasteiger partial charge in [0.15, 0.2) is 0 Å². The van der Waals surface area contributed by atoms with Crippen molar-refractivity contribution in [2.75, 3.05) is 26.7 Å². The SMILES string of the molecule is CN(CCC(=O)O)C(=O)N1CC=CCC1.